The Hall–Kier alpha value is -1.62. The molecule has 2 rings (SSSR count). The molecule has 18 heavy (non-hydrogen) atoms. The van der Waals surface area contributed by atoms with Gasteiger partial charge in [0.2, 0.25) is 5.91 Å². The van der Waals surface area contributed by atoms with E-state index in [0.29, 0.717) is 18.5 Å². The van der Waals surface area contributed by atoms with Crippen LogP contribution in [-0.4, -0.2) is 22.0 Å². The molecular weight excluding hydrogens is 256 g/mol. The number of nitrogens with zero attached hydrogens (tertiary/aromatic N) is 1. The number of anilines is 1. The molecule has 96 valence electrons. The molecule has 1 aromatic rings. The van der Waals surface area contributed by atoms with Crippen LogP contribution in [0.2, 0.25) is 5.15 Å². The van der Waals surface area contributed by atoms with Crippen molar-refractivity contribution in [2.75, 3.05) is 5.32 Å². The highest BCUT2D eigenvalue weighted by Gasteiger charge is 2.37. The average molecular weight is 269 g/mol. The number of hydrogen-bond donors (Lipinski definition) is 2. The molecule has 1 aliphatic rings. The number of aliphatic carboxylic acids is 1. The second kappa shape index (κ2) is 5.35. The van der Waals surface area contributed by atoms with Gasteiger partial charge in [-0.15, -0.1) is 0 Å². The first-order chi connectivity index (χ1) is 8.59. The first kappa shape index (κ1) is 12.8. The van der Waals surface area contributed by atoms with Crippen molar-refractivity contribution in [3.8, 4) is 0 Å². The number of halogens is 1. The van der Waals surface area contributed by atoms with E-state index in [0.717, 1.165) is 6.42 Å². The highest BCUT2D eigenvalue weighted by atomic mass is 35.5. The van der Waals surface area contributed by atoms with Gasteiger partial charge in [0.1, 0.15) is 0 Å². The fraction of sp³-hybridized carbons (Fsp3) is 0.417. The molecule has 0 bridgehead atoms. The Kier molecular flexibility index (Phi) is 3.81. The van der Waals surface area contributed by atoms with Crippen LogP contribution >= 0.6 is 11.6 Å². The van der Waals surface area contributed by atoms with Crippen molar-refractivity contribution in [1.82, 2.24) is 4.98 Å². The van der Waals surface area contributed by atoms with E-state index in [-0.39, 0.29) is 11.1 Å². The number of carboxylic acid groups (broad SMARTS) is 1. The highest BCUT2D eigenvalue weighted by molar-refractivity contribution is 6.32. The van der Waals surface area contributed by atoms with Crippen LogP contribution in [0.1, 0.15) is 19.3 Å². The zero-order chi connectivity index (χ0) is 13.1. The van der Waals surface area contributed by atoms with Gasteiger partial charge in [-0.05, 0) is 25.0 Å². The minimum absolute atomic E-state index is 0.204. The number of nitrogens with one attached hydrogen (secondary N) is 1. The largest absolute Gasteiger partial charge is 0.481 e. The molecule has 6 heteroatoms. The topological polar surface area (TPSA) is 79.3 Å². The summed E-state index contributed by atoms with van der Waals surface area (Å²) in [6, 6.07) is 3.29. The smallest absolute Gasteiger partial charge is 0.307 e. The number of carbonyl (C=O) groups is 2. The van der Waals surface area contributed by atoms with Crippen molar-refractivity contribution in [2.24, 2.45) is 11.8 Å². The third kappa shape index (κ3) is 2.61. The summed E-state index contributed by atoms with van der Waals surface area (Å²) in [6.07, 6.45) is 3.43. The lowest BCUT2D eigenvalue weighted by atomic mass is 9.95. The standard InChI is InChI=1S/C12H13ClN2O3/c13-10-9(5-2-6-14-10)15-11(16)7-3-1-4-8(7)12(17)18/h2,5-8H,1,3-4H2,(H,15,16)(H,17,18). The van der Waals surface area contributed by atoms with E-state index in [1.165, 1.54) is 6.20 Å². The van der Waals surface area contributed by atoms with Crippen molar-refractivity contribution in [1.29, 1.82) is 0 Å². The minimum atomic E-state index is -0.912. The third-order valence-corrected chi connectivity index (χ3v) is 3.49. The summed E-state index contributed by atoms with van der Waals surface area (Å²) in [5.41, 5.74) is 0.417. The molecule has 2 atom stereocenters. The lowest BCUT2D eigenvalue weighted by molar-refractivity contribution is -0.145. The van der Waals surface area contributed by atoms with Gasteiger partial charge in [0, 0.05) is 6.20 Å². The van der Waals surface area contributed by atoms with Crippen LogP contribution in [-0.2, 0) is 9.59 Å². The Morgan fingerprint density at radius 3 is 2.78 bits per heavy atom. The number of carboxylic acids is 1. The van der Waals surface area contributed by atoms with Crippen LogP contribution in [0.15, 0.2) is 18.3 Å². The van der Waals surface area contributed by atoms with Crippen molar-refractivity contribution in [2.45, 2.75) is 19.3 Å². The maximum atomic E-state index is 12.0. The van der Waals surface area contributed by atoms with Gasteiger partial charge in [-0.3, -0.25) is 9.59 Å². The molecule has 0 aliphatic heterocycles. The van der Waals surface area contributed by atoms with Crippen molar-refractivity contribution >= 4 is 29.2 Å². The van der Waals surface area contributed by atoms with Gasteiger partial charge in [0.05, 0.1) is 17.5 Å². The molecule has 1 saturated carbocycles. The second-order valence-corrected chi connectivity index (χ2v) is 4.67. The summed E-state index contributed by atoms with van der Waals surface area (Å²) in [5.74, 6) is -2.29. The summed E-state index contributed by atoms with van der Waals surface area (Å²) in [4.78, 5) is 26.9. The molecule has 5 nitrogen and oxygen atoms in total. The number of aromatic nitrogens is 1. The molecule has 0 aromatic carbocycles. The maximum absolute atomic E-state index is 12.0. The molecule has 1 aliphatic carbocycles. The van der Waals surface area contributed by atoms with E-state index in [4.69, 9.17) is 16.7 Å². The van der Waals surface area contributed by atoms with Gasteiger partial charge < -0.3 is 10.4 Å². The van der Waals surface area contributed by atoms with Gasteiger partial charge in [0.15, 0.2) is 5.15 Å². The fourth-order valence-corrected chi connectivity index (χ4v) is 2.44. The molecule has 0 spiro atoms. The zero-order valence-corrected chi connectivity index (χ0v) is 10.4. The number of pyridine rings is 1. The van der Waals surface area contributed by atoms with E-state index in [2.05, 4.69) is 10.3 Å². The summed E-state index contributed by atoms with van der Waals surface area (Å²) < 4.78 is 0. The molecule has 1 heterocycles. The molecular formula is C12H13ClN2O3. The van der Waals surface area contributed by atoms with Crippen LogP contribution in [0.4, 0.5) is 5.69 Å². The minimum Gasteiger partial charge on any atom is -0.481 e. The van der Waals surface area contributed by atoms with Crippen molar-refractivity contribution in [3.05, 3.63) is 23.5 Å². The third-order valence-electron chi connectivity index (χ3n) is 3.19. The molecule has 0 saturated heterocycles. The van der Waals surface area contributed by atoms with Gasteiger partial charge in [-0.1, -0.05) is 18.0 Å². The Balaban J connectivity index is 2.08. The lowest BCUT2D eigenvalue weighted by Crippen LogP contribution is -2.30. The Morgan fingerprint density at radius 2 is 2.11 bits per heavy atom. The number of hydrogen-bond acceptors (Lipinski definition) is 3. The predicted octanol–water partition coefficient (Wildman–Crippen LogP) is 2.17. The molecule has 1 amide bonds. The van der Waals surface area contributed by atoms with Gasteiger partial charge in [-0.2, -0.15) is 0 Å². The van der Waals surface area contributed by atoms with Crippen LogP contribution in [0.25, 0.3) is 0 Å². The van der Waals surface area contributed by atoms with Crippen molar-refractivity contribution in [3.63, 3.8) is 0 Å². The molecule has 2 unspecified atom stereocenters. The Morgan fingerprint density at radius 1 is 1.39 bits per heavy atom. The summed E-state index contributed by atoms with van der Waals surface area (Å²) >= 11 is 5.83. The fourth-order valence-electron chi connectivity index (χ4n) is 2.27. The summed E-state index contributed by atoms with van der Waals surface area (Å²) in [6.45, 7) is 0. The molecule has 2 N–H and O–H groups in total. The average Bonchev–Trinajstić information content (AvgIpc) is 2.81. The molecule has 1 aromatic heterocycles. The van der Waals surface area contributed by atoms with Crippen LogP contribution in [0, 0.1) is 11.8 Å². The number of rotatable bonds is 3. The van der Waals surface area contributed by atoms with Crippen LogP contribution < -0.4 is 5.32 Å². The Labute approximate surface area is 109 Å². The summed E-state index contributed by atoms with van der Waals surface area (Å²) in [7, 11) is 0. The first-order valence-electron chi connectivity index (χ1n) is 5.74. The van der Waals surface area contributed by atoms with Gasteiger partial charge in [-0.25, -0.2) is 4.98 Å². The van der Waals surface area contributed by atoms with E-state index < -0.39 is 17.8 Å². The highest BCUT2D eigenvalue weighted by Crippen LogP contribution is 2.33. The maximum Gasteiger partial charge on any atom is 0.307 e. The second-order valence-electron chi connectivity index (χ2n) is 4.31. The quantitative estimate of drug-likeness (QED) is 0.824. The van der Waals surface area contributed by atoms with E-state index in [1.807, 2.05) is 0 Å². The summed E-state index contributed by atoms with van der Waals surface area (Å²) in [5, 5.41) is 11.9. The van der Waals surface area contributed by atoms with E-state index in [9.17, 15) is 9.59 Å². The lowest BCUT2D eigenvalue weighted by Gasteiger charge is -2.15. The zero-order valence-electron chi connectivity index (χ0n) is 9.60. The first-order valence-corrected chi connectivity index (χ1v) is 6.11. The SMILES string of the molecule is O=C(O)C1CCCC1C(=O)Nc1cccnc1Cl. The van der Waals surface area contributed by atoms with E-state index >= 15 is 0 Å². The van der Waals surface area contributed by atoms with Crippen LogP contribution in [0.3, 0.4) is 0 Å². The van der Waals surface area contributed by atoms with E-state index in [1.54, 1.807) is 12.1 Å². The monoisotopic (exact) mass is 268 g/mol. The normalized spacial score (nSPS) is 22.7. The number of carbonyl (C=O) groups excluding carboxylic acids is 1. The Bertz CT molecular complexity index is 478. The molecule has 0 radical (unpaired) electrons. The van der Waals surface area contributed by atoms with Gasteiger partial charge in [0.25, 0.3) is 0 Å². The number of amides is 1. The van der Waals surface area contributed by atoms with Crippen molar-refractivity contribution < 1.29 is 14.7 Å². The predicted molar refractivity (Wildman–Crippen MR) is 66.3 cm³/mol. The van der Waals surface area contributed by atoms with Gasteiger partial charge >= 0.3 is 5.97 Å². The molecule has 1 fully saturated rings. The van der Waals surface area contributed by atoms with Crippen LogP contribution in [0.5, 0.6) is 0 Å².